The van der Waals surface area contributed by atoms with Crippen LogP contribution in [0.4, 0.5) is 5.82 Å². The summed E-state index contributed by atoms with van der Waals surface area (Å²) in [7, 11) is 0. The van der Waals surface area contributed by atoms with Crippen LogP contribution in [0.2, 0.25) is 0 Å². The third-order valence-electron chi connectivity index (χ3n) is 1.90. The fourth-order valence-electron chi connectivity index (χ4n) is 1.05. The van der Waals surface area contributed by atoms with E-state index in [2.05, 4.69) is 21.2 Å². The molecular weight excluding hydrogens is 202 g/mol. The molecule has 16 heavy (non-hydrogen) atoms. The zero-order valence-corrected chi connectivity index (χ0v) is 9.95. The van der Waals surface area contributed by atoms with Crippen molar-refractivity contribution in [3.63, 3.8) is 0 Å². The maximum absolute atomic E-state index is 5.40. The van der Waals surface area contributed by atoms with E-state index < -0.39 is 5.54 Å². The molecule has 0 spiro atoms. The van der Waals surface area contributed by atoms with Crippen LogP contribution in [-0.2, 0) is 0 Å². The summed E-state index contributed by atoms with van der Waals surface area (Å²) in [5, 5.41) is 3.12. The molecule has 1 rings (SSSR count). The van der Waals surface area contributed by atoms with Gasteiger partial charge in [0.25, 0.3) is 0 Å². The van der Waals surface area contributed by atoms with Crippen LogP contribution < -0.4 is 10.1 Å². The highest BCUT2D eigenvalue weighted by Crippen LogP contribution is 2.15. The van der Waals surface area contributed by atoms with Crippen LogP contribution in [-0.4, -0.2) is 22.1 Å². The smallest absolute Gasteiger partial charge is 0.218 e. The standard InChI is InChI=1S/C12H17N3O/c1-5-7-16-11-8-10(13-9-14-11)15-12(3,4)6-2/h2,8-9H,5,7H2,1,3-4H3,(H,13,14,15). The summed E-state index contributed by atoms with van der Waals surface area (Å²) in [6, 6.07) is 1.74. The van der Waals surface area contributed by atoms with Crippen molar-refractivity contribution in [2.75, 3.05) is 11.9 Å². The molecule has 4 nitrogen and oxygen atoms in total. The molecule has 0 atom stereocenters. The lowest BCUT2D eigenvalue weighted by atomic mass is 10.1. The summed E-state index contributed by atoms with van der Waals surface area (Å²) in [4.78, 5) is 8.09. The van der Waals surface area contributed by atoms with Gasteiger partial charge < -0.3 is 10.1 Å². The van der Waals surface area contributed by atoms with E-state index in [1.54, 1.807) is 6.07 Å². The van der Waals surface area contributed by atoms with E-state index in [1.807, 2.05) is 20.8 Å². The van der Waals surface area contributed by atoms with Crippen LogP contribution in [0.3, 0.4) is 0 Å². The van der Waals surface area contributed by atoms with E-state index in [0.29, 0.717) is 18.3 Å². The van der Waals surface area contributed by atoms with Crippen LogP contribution in [0.5, 0.6) is 5.88 Å². The molecule has 0 radical (unpaired) electrons. The summed E-state index contributed by atoms with van der Waals surface area (Å²) in [6.07, 6.45) is 7.79. The van der Waals surface area contributed by atoms with Gasteiger partial charge in [0.05, 0.1) is 12.1 Å². The summed E-state index contributed by atoms with van der Waals surface area (Å²) < 4.78 is 5.40. The second kappa shape index (κ2) is 5.36. The summed E-state index contributed by atoms with van der Waals surface area (Å²) >= 11 is 0. The molecule has 0 saturated carbocycles. The maximum atomic E-state index is 5.40. The topological polar surface area (TPSA) is 47.0 Å². The third kappa shape index (κ3) is 3.77. The SMILES string of the molecule is C#CC(C)(C)Nc1cc(OCCC)ncn1. The van der Waals surface area contributed by atoms with Crippen LogP contribution in [0.1, 0.15) is 27.2 Å². The van der Waals surface area contributed by atoms with Crippen molar-refractivity contribution >= 4 is 5.82 Å². The van der Waals surface area contributed by atoms with Gasteiger partial charge >= 0.3 is 0 Å². The van der Waals surface area contributed by atoms with Gasteiger partial charge in [0.1, 0.15) is 12.1 Å². The highest BCUT2D eigenvalue weighted by atomic mass is 16.5. The Hall–Kier alpha value is -1.76. The molecule has 1 heterocycles. The number of nitrogens with one attached hydrogen (secondary N) is 1. The minimum absolute atomic E-state index is 0.434. The summed E-state index contributed by atoms with van der Waals surface area (Å²) in [5.74, 6) is 3.87. The van der Waals surface area contributed by atoms with E-state index in [1.165, 1.54) is 6.33 Å². The molecule has 0 fully saturated rings. The van der Waals surface area contributed by atoms with Gasteiger partial charge in [-0.15, -0.1) is 6.42 Å². The van der Waals surface area contributed by atoms with Crippen molar-refractivity contribution in [2.45, 2.75) is 32.7 Å². The normalized spacial score (nSPS) is 10.6. The van der Waals surface area contributed by atoms with E-state index in [9.17, 15) is 0 Å². The molecule has 0 saturated heterocycles. The lowest BCUT2D eigenvalue weighted by Crippen LogP contribution is -2.28. The van der Waals surface area contributed by atoms with Crippen LogP contribution in [0, 0.1) is 12.3 Å². The second-order valence-corrected chi connectivity index (χ2v) is 3.98. The van der Waals surface area contributed by atoms with E-state index in [-0.39, 0.29) is 0 Å². The van der Waals surface area contributed by atoms with Gasteiger partial charge in [-0.2, -0.15) is 0 Å². The first kappa shape index (κ1) is 12.3. The van der Waals surface area contributed by atoms with E-state index >= 15 is 0 Å². The molecule has 0 amide bonds. The Morgan fingerprint density at radius 1 is 1.50 bits per heavy atom. The molecule has 4 heteroatoms. The number of terminal acetylenes is 1. The number of rotatable bonds is 5. The van der Waals surface area contributed by atoms with Crippen molar-refractivity contribution < 1.29 is 4.74 Å². The van der Waals surface area contributed by atoms with Gasteiger partial charge in [-0.1, -0.05) is 12.8 Å². The van der Waals surface area contributed by atoms with E-state index in [4.69, 9.17) is 11.2 Å². The quantitative estimate of drug-likeness (QED) is 0.770. The Morgan fingerprint density at radius 2 is 2.25 bits per heavy atom. The highest BCUT2D eigenvalue weighted by Gasteiger charge is 2.14. The summed E-state index contributed by atoms with van der Waals surface area (Å²) in [6.45, 7) is 6.50. The van der Waals surface area contributed by atoms with Crippen LogP contribution in [0.15, 0.2) is 12.4 Å². The molecule has 1 aromatic heterocycles. The minimum atomic E-state index is -0.434. The lowest BCUT2D eigenvalue weighted by molar-refractivity contribution is 0.305. The number of nitrogens with zero attached hydrogens (tertiary/aromatic N) is 2. The largest absolute Gasteiger partial charge is 0.478 e. The van der Waals surface area contributed by atoms with Crippen molar-refractivity contribution in [3.8, 4) is 18.2 Å². The average molecular weight is 219 g/mol. The minimum Gasteiger partial charge on any atom is -0.478 e. The van der Waals surface area contributed by atoms with Gasteiger partial charge in [-0.05, 0) is 20.3 Å². The number of ether oxygens (including phenoxy) is 1. The summed E-state index contributed by atoms with van der Waals surface area (Å²) in [5.41, 5.74) is -0.434. The molecule has 0 bridgehead atoms. The first-order chi connectivity index (χ1) is 7.57. The van der Waals surface area contributed by atoms with Gasteiger partial charge in [0, 0.05) is 6.07 Å². The maximum Gasteiger partial charge on any atom is 0.218 e. The number of aromatic nitrogens is 2. The molecule has 86 valence electrons. The fraction of sp³-hybridized carbons (Fsp3) is 0.500. The Labute approximate surface area is 96.5 Å². The van der Waals surface area contributed by atoms with Crippen molar-refractivity contribution in [2.24, 2.45) is 0 Å². The molecule has 0 aliphatic heterocycles. The predicted molar refractivity (Wildman–Crippen MR) is 64.4 cm³/mol. The Balaban J connectivity index is 2.72. The monoisotopic (exact) mass is 219 g/mol. The molecule has 1 aromatic rings. The molecule has 0 unspecified atom stereocenters. The van der Waals surface area contributed by atoms with Crippen LogP contribution >= 0.6 is 0 Å². The zero-order chi connectivity index (χ0) is 12.0. The van der Waals surface area contributed by atoms with Gasteiger partial charge in [0.2, 0.25) is 5.88 Å². The number of hydrogen-bond donors (Lipinski definition) is 1. The molecule has 0 aliphatic rings. The van der Waals surface area contributed by atoms with Gasteiger partial charge in [0.15, 0.2) is 0 Å². The van der Waals surface area contributed by atoms with E-state index in [0.717, 1.165) is 6.42 Å². The second-order valence-electron chi connectivity index (χ2n) is 3.98. The van der Waals surface area contributed by atoms with Crippen molar-refractivity contribution in [1.82, 2.24) is 9.97 Å². The zero-order valence-electron chi connectivity index (χ0n) is 9.95. The Morgan fingerprint density at radius 3 is 2.88 bits per heavy atom. The first-order valence-corrected chi connectivity index (χ1v) is 5.28. The van der Waals surface area contributed by atoms with Gasteiger partial charge in [-0.3, -0.25) is 0 Å². The Kier molecular flexibility index (Phi) is 4.12. The first-order valence-electron chi connectivity index (χ1n) is 5.28. The molecule has 1 N–H and O–H groups in total. The average Bonchev–Trinajstić information content (AvgIpc) is 2.26. The van der Waals surface area contributed by atoms with Crippen molar-refractivity contribution in [3.05, 3.63) is 12.4 Å². The predicted octanol–water partition coefficient (Wildman–Crippen LogP) is 2.09. The number of anilines is 1. The third-order valence-corrected chi connectivity index (χ3v) is 1.90. The lowest BCUT2D eigenvalue weighted by Gasteiger charge is -2.20. The Bertz CT molecular complexity index is 382. The molecule has 0 aliphatic carbocycles. The number of hydrogen-bond acceptors (Lipinski definition) is 4. The van der Waals surface area contributed by atoms with Crippen molar-refractivity contribution in [1.29, 1.82) is 0 Å². The van der Waals surface area contributed by atoms with Gasteiger partial charge in [-0.25, -0.2) is 9.97 Å². The molecular formula is C12H17N3O. The highest BCUT2D eigenvalue weighted by molar-refractivity contribution is 5.42. The molecule has 0 aromatic carbocycles. The van der Waals surface area contributed by atoms with Crippen LogP contribution in [0.25, 0.3) is 0 Å². The fourth-order valence-corrected chi connectivity index (χ4v) is 1.05.